The molecule has 0 bridgehead atoms. The molecule has 18 heavy (non-hydrogen) atoms. The van der Waals surface area contributed by atoms with Crippen LogP contribution in [0.1, 0.15) is 18.5 Å². The second-order valence-corrected chi connectivity index (χ2v) is 5.19. The summed E-state index contributed by atoms with van der Waals surface area (Å²) in [5.74, 6) is 1.76. The molecule has 5 heteroatoms. The first-order chi connectivity index (χ1) is 8.60. The van der Waals surface area contributed by atoms with Crippen molar-refractivity contribution in [3.63, 3.8) is 0 Å². The zero-order chi connectivity index (χ0) is 13.1. The molecule has 0 amide bonds. The van der Waals surface area contributed by atoms with Gasteiger partial charge in [0.1, 0.15) is 5.82 Å². The number of rotatable bonds is 4. The van der Waals surface area contributed by atoms with Crippen molar-refractivity contribution < 1.29 is 0 Å². The van der Waals surface area contributed by atoms with Gasteiger partial charge < -0.3 is 15.1 Å². The van der Waals surface area contributed by atoms with Crippen LogP contribution in [0.5, 0.6) is 0 Å². The Morgan fingerprint density at radius 1 is 1.44 bits per heavy atom. The molecule has 1 atom stereocenters. The molecule has 5 nitrogen and oxygen atoms in total. The Hall–Kier alpha value is -1.36. The predicted molar refractivity (Wildman–Crippen MR) is 75.2 cm³/mol. The average Bonchev–Trinajstić information content (AvgIpc) is 2.75. The number of hydrogen-bond donors (Lipinski definition) is 1. The number of anilines is 2. The van der Waals surface area contributed by atoms with Crippen LogP contribution in [0.4, 0.5) is 11.8 Å². The van der Waals surface area contributed by atoms with Crippen LogP contribution in [0, 0.1) is 6.92 Å². The van der Waals surface area contributed by atoms with Crippen molar-refractivity contribution in [2.24, 2.45) is 0 Å². The second-order valence-electron chi connectivity index (χ2n) is 5.19. The monoisotopic (exact) mass is 249 g/mol. The maximum Gasteiger partial charge on any atom is 0.224 e. The van der Waals surface area contributed by atoms with Gasteiger partial charge in [-0.05, 0) is 33.9 Å². The van der Waals surface area contributed by atoms with E-state index in [4.69, 9.17) is 0 Å². The summed E-state index contributed by atoms with van der Waals surface area (Å²) in [6.07, 6.45) is 2.49. The summed E-state index contributed by atoms with van der Waals surface area (Å²) in [5, 5.41) is 3.03. The zero-order valence-corrected chi connectivity index (χ0v) is 11.8. The molecule has 1 saturated heterocycles. The zero-order valence-electron chi connectivity index (χ0n) is 11.8. The van der Waals surface area contributed by atoms with E-state index in [2.05, 4.69) is 45.2 Å². The smallest absolute Gasteiger partial charge is 0.224 e. The number of nitrogens with zero attached hydrogens (tertiary/aromatic N) is 4. The van der Waals surface area contributed by atoms with Gasteiger partial charge in [0, 0.05) is 37.9 Å². The van der Waals surface area contributed by atoms with E-state index in [1.807, 2.05) is 14.0 Å². The highest BCUT2D eigenvalue weighted by molar-refractivity contribution is 5.46. The normalized spacial score (nSPS) is 19.6. The highest BCUT2D eigenvalue weighted by Gasteiger charge is 2.26. The summed E-state index contributed by atoms with van der Waals surface area (Å²) in [4.78, 5) is 13.6. The van der Waals surface area contributed by atoms with Gasteiger partial charge in [-0.15, -0.1) is 0 Å². The SMILES string of the molecule is CNc1nc(C)cc(N2CCCC2CN(C)C)n1. The Morgan fingerprint density at radius 2 is 2.22 bits per heavy atom. The first-order valence-corrected chi connectivity index (χ1v) is 6.55. The van der Waals surface area contributed by atoms with Gasteiger partial charge in [-0.25, -0.2) is 4.98 Å². The molecular weight excluding hydrogens is 226 g/mol. The number of hydrogen-bond acceptors (Lipinski definition) is 5. The van der Waals surface area contributed by atoms with Crippen LogP contribution in [0.3, 0.4) is 0 Å². The van der Waals surface area contributed by atoms with Gasteiger partial charge in [-0.1, -0.05) is 0 Å². The molecule has 1 aliphatic heterocycles. The largest absolute Gasteiger partial charge is 0.357 e. The maximum absolute atomic E-state index is 4.58. The minimum absolute atomic E-state index is 0.569. The van der Waals surface area contributed by atoms with Crippen molar-refractivity contribution in [1.82, 2.24) is 14.9 Å². The number of aromatic nitrogens is 2. The van der Waals surface area contributed by atoms with Crippen molar-refractivity contribution in [3.05, 3.63) is 11.8 Å². The third-order valence-electron chi connectivity index (χ3n) is 3.31. The van der Waals surface area contributed by atoms with Gasteiger partial charge in [0.15, 0.2) is 0 Å². The quantitative estimate of drug-likeness (QED) is 0.873. The summed E-state index contributed by atoms with van der Waals surface area (Å²) in [5.41, 5.74) is 1.01. The van der Waals surface area contributed by atoms with Crippen LogP contribution >= 0.6 is 0 Å². The molecular formula is C13H23N5. The van der Waals surface area contributed by atoms with Crippen molar-refractivity contribution in [2.75, 3.05) is 44.4 Å². The van der Waals surface area contributed by atoms with Gasteiger partial charge in [0.25, 0.3) is 0 Å². The summed E-state index contributed by atoms with van der Waals surface area (Å²) in [6, 6.07) is 2.65. The first kappa shape index (κ1) is 13.1. The number of aryl methyl sites for hydroxylation is 1. The van der Waals surface area contributed by atoms with Gasteiger partial charge in [-0.3, -0.25) is 0 Å². The Bertz CT molecular complexity index is 404. The molecule has 1 fully saturated rings. The van der Waals surface area contributed by atoms with E-state index in [1.54, 1.807) is 0 Å². The van der Waals surface area contributed by atoms with E-state index in [9.17, 15) is 0 Å². The van der Waals surface area contributed by atoms with E-state index in [1.165, 1.54) is 12.8 Å². The van der Waals surface area contributed by atoms with E-state index in [-0.39, 0.29) is 0 Å². The van der Waals surface area contributed by atoms with Crippen LogP contribution in [-0.2, 0) is 0 Å². The van der Waals surface area contributed by atoms with Gasteiger partial charge in [0.05, 0.1) is 0 Å². The molecule has 2 rings (SSSR count). The van der Waals surface area contributed by atoms with E-state index in [0.717, 1.165) is 24.6 Å². The van der Waals surface area contributed by atoms with Gasteiger partial charge in [-0.2, -0.15) is 4.98 Å². The van der Waals surface area contributed by atoms with Crippen LogP contribution in [-0.4, -0.2) is 55.1 Å². The molecule has 2 heterocycles. The minimum atomic E-state index is 0.569. The van der Waals surface area contributed by atoms with Crippen LogP contribution in [0.2, 0.25) is 0 Å². The van der Waals surface area contributed by atoms with Gasteiger partial charge in [0.2, 0.25) is 5.95 Å². The van der Waals surface area contributed by atoms with E-state index < -0.39 is 0 Å². The lowest BCUT2D eigenvalue weighted by atomic mass is 10.2. The average molecular weight is 249 g/mol. The third kappa shape index (κ3) is 2.90. The summed E-state index contributed by atoms with van der Waals surface area (Å²) in [7, 11) is 6.11. The molecule has 0 radical (unpaired) electrons. The molecule has 100 valence electrons. The third-order valence-corrected chi connectivity index (χ3v) is 3.31. The standard InChI is InChI=1S/C13H23N5/c1-10-8-12(16-13(14-2)15-10)18-7-5-6-11(18)9-17(3)4/h8,11H,5-7,9H2,1-4H3,(H,14,15,16). The summed E-state index contributed by atoms with van der Waals surface area (Å²) in [6.45, 7) is 4.19. The Kier molecular flexibility index (Phi) is 4.01. The van der Waals surface area contributed by atoms with Crippen LogP contribution < -0.4 is 10.2 Å². The first-order valence-electron chi connectivity index (χ1n) is 6.55. The predicted octanol–water partition coefficient (Wildman–Crippen LogP) is 1.36. The topological polar surface area (TPSA) is 44.3 Å². The molecule has 0 spiro atoms. The fraction of sp³-hybridized carbons (Fsp3) is 0.692. The second kappa shape index (κ2) is 5.52. The van der Waals surface area contributed by atoms with Crippen LogP contribution in [0.25, 0.3) is 0 Å². The Labute approximate surface area is 109 Å². The molecule has 1 aromatic rings. The number of likely N-dealkylation sites (N-methyl/N-ethyl adjacent to an activating group) is 1. The minimum Gasteiger partial charge on any atom is -0.357 e. The lowest BCUT2D eigenvalue weighted by Crippen LogP contribution is -2.38. The Balaban J connectivity index is 2.21. The molecule has 0 aromatic carbocycles. The van der Waals surface area contributed by atoms with Crippen molar-refractivity contribution >= 4 is 11.8 Å². The van der Waals surface area contributed by atoms with Crippen molar-refractivity contribution in [2.45, 2.75) is 25.8 Å². The van der Waals surface area contributed by atoms with E-state index in [0.29, 0.717) is 12.0 Å². The van der Waals surface area contributed by atoms with Crippen molar-refractivity contribution in [3.8, 4) is 0 Å². The molecule has 0 saturated carbocycles. The summed E-state index contributed by atoms with van der Waals surface area (Å²) < 4.78 is 0. The molecule has 1 unspecified atom stereocenters. The fourth-order valence-corrected chi connectivity index (χ4v) is 2.56. The fourth-order valence-electron chi connectivity index (χ4n) is 2.56. The highest BCUT2D eigenvalue weighted by atomic mass is 15.3. The number of nitrogens with one attached hydrogen (secondary N) is 1. The summed E-state index contributed by atoms with van der Waals surface area (Å²) >= 11 is 0. The Morgan fingerprint density at radius 3 is 2.89 bits per heavy atom. The van der Waals surface area contributed by atoms with Crippen molar-refractivity contribution in [1.29, 1.82) is 0 Å². The lowest BCUT2D eigenvalue weighted by Gasteiger charge is -2.28. The lowest BCUT2D eigenvalue weighted by molar-refractivity contribution is 0.371. The molecule has 1 aromatic heterocycles. The molecule has 0 aliphatic carbocycles. The van der Waals surface area contributed by atoms with Gasteiger partial charge >= 0.3 is 0 Å². The van der Waals surface area contributed by atoms with Crippen LogP contribution in [0.15, 0.2) is 6.07 Å². The molecule has 1 N–H and O–H groups in total. The highest BCUT2D eigenvalue weighted by Crippen LogP contribution is 2.25. The maximum atomic E-state index is 4.58. The molecule has 1 aliphatic rings. The van der Waals surface area contributed by atoms with E-state index >= 15 is 0 Å².